The number of halogens is 3. The summed E-state index contributed by atoms with van der Waals surface area (Å²) in [5.74, 6) is -1.16. The minimum absolute atomic E-state index is 0.0540. The third kappa shape index (κ3) is 6.63. The number of anilines is 2. The summed E-state index contributed by atoms with van der Waals surface area (Å²) in [5.41, 5.74) is 3.01. The van der Waals surface area contributed by atoms with Crippen molar-refractivity contribution in [2.45, 2.75) is 38.4 Å². The van der Waals surface area contributed by atoms with E-state index in [0.717, 1.165) is 37.2 Å². The number of nitrogens with one attached hydrogen (secondary N) is 3. The predicted molar refractivity (Wildman–Crippen MR) is 125 cm³/mol. The molecule has 184 valence electrons. The van der Waals surface area contributed by atoms with Crippen LogP contribution in [0.15, 0.2) is 35.3 Å². The van der Waals surface area contributed by atoms with Crippen LogP contribution in [0.25, 0.3) is 0 Å². The number of ether oxygens (including phenoxy) is 1. The van der Waals surface area contributed by atoms with Gasteiger partial charge >= 0.3 is 6.18 Å². The van der Waals surface area contributed by atoms with Gasteiger partial charge in [-0.25, -0.2) is 0 Å². The average Bonchev–Trinajstić information content (AvgIpc) is 2.81. The first-order valence-corrected chi connectivity index (χ1v) is 11.0. The SMILES string of the molecule is C/C=N\Cc1cc(C2CCNCC2)ccc1Nc1cc(O)c(C(=O)NCC(F)(F)F)c(OC)c1. The molecule has 1 aliphatic heterocycles. The van der Waals surface area contributed by atoms with E-state index in [1.165, 1.54) is 24.8 Å². The standard InChI is InChI=1S/C24H29F3N4O3/c1-3-28-13-17-10-16(15-6-8-29-9-7-15)4-5-19(17)31-18-11-20(32)22(21(12-18)34-2)23(33)30-14-24(25,26)27/h3-5,10-12,15,29,31-32H,6-9,13-14H2,1-2H3,(H,30,33)/b28-3-. The van der Waals surface area contributed by atoms with Gasteiger partial charge in [0.25, 0.3) is 5.91 Å². The normalized spacial score (nSPS) is 14.9. The Morgan fingerprint density at radius 2 is 2.00 bits per heavy atom. The van der Waals surface area contributed by atoms with Crippen LogP contribution in [-0.2, 0) is 6.54 Å². The molecule has 0 bridgehead atoms. The molecule has 2 aromatic carbocycles. The molecule has 1 heterocycles. The van der Waals surface area contributed by atoms with Crippen molar-refractivity contribution in [2.75, 3.05) is 32.1 Å². The van der Waals surface area contributed by atoms with Gasteiger partial charge in [-0.1, -0.05) is 12.1 Å². The van der Waals surface area contributed by atoms with Crippen LogP contribution in [0, 0.1) is 0 Å². The zero-order chi connectivity index (χ0) is 24.7. The van der Waals surface area contributed by atoms with Crippen molar-refractivity contribution < 1.29 is 27.8 Å². The van der Waals surface area contributed by atoms with Crippen LogP contribution in [0.2, 0.25) is 0 Å². The number of benzene rings is 2. The Labute approximate surface area is 196 Å². The molecule has 2 aromatic rings. The molecule has 1 aliphatic rings. The van der Waals surface area contributed by atoms with E-state index in [1.807, 2.05) is 13.0 Å². The molecule has 4 N–H and O–H groups in total. The van der Waals surface area contributed by atoms with Crippen LogP contribution in [0.5, 0.6) is 11.5 Å². The van der Waals surface area contributed by atoms with Gasteiger partial charge in [-0.2, -0.15) is 13.2 Å². The van der Waals surface area contributed by atoms with Crippen molar-refractivity contribution >= 4 is 23.5 Å². The van der Waals surface area contributed by atoms with Gasteiger partial charge in [0.05, 0.1) is 13.7 Å². The van der Waals surface area contributed by atoms with Gasteiger partial charge in [0.2, 0.25) is 0 Å². The molecule has 1 saturated heterocycles. The average molecular weight is 479 g/mol. The van der Waals surface area contributed by atoms with Crippen molar-refractivity contribution in [1.82, 2.24) is 10.6 Å². The van der Waals surface area contributed by atoms with Crippen LogP contribution in [0.3, 0.4) is 0 Å². The van der Waals surface area contributed by atoms with Crippen molar-refractivity contribution in [1.29, 1.82) is 0 Å². The van der Waals surface area contributed by atoms with E-state index >= 15 is 0 Å². The Morgan fingerprint density at radius 3 is 2.65 bits per heavy atom. The Bertz CT molecular complexity index is 1030. The fraction of sp³-hybridized carbons (Fsp3) is 0.417. The number of phenolic OH excluding ortho intramolecular Hbond substituents is 1. The van der Waals surface area contributed by atoms with Gasteiger partial charge in [-0.05, 0) is 62.2 Å². The van der Waals surface area contributed by atoms with E-state index in [9.17, 15) is 23.1 Å². The van der Waals surface area contributed by atoms with Gasteiger partial charge in [0, 0.05) is 23.5 Å². The Morgan fingerprint density at radius 1 is 1.26 bits per heavy atom. The van der Waals surface area contributed by atoms with Crippen LogP contribution < -0.4 is 20.7 Å². The lowest BCUT2D eigenvalue weighted by atomic mass is 9.89. The van der Waals surface area contributed by atoms with Gasteiger partial charge in [-0.3, -0.25) is 9.79 Å². The molecule has 0 spiro atoms. The number of hydrogen-bond acceptors (Lipinski definition) is 6. The first-order chi connectivity index (χ1) is 16.2. The van der Waals surface area contributed by atoms with Crippen molar-refractivity contribution in [3.63, 3.8) is 0 Å². The lowest BCUT2D eigenvalue weighted by Crippen LogP contribution is -2.33. The van der Waals surface area contributed by atoms with Gasteiger partial charge in [0.1, 0.15) is 23.6 Å². The number of carbonyl (C=O) groups is 1. The smallest absolute Gasteiger partial charge is 0.405 e. The van der Waals surface area contributed by atoms with E-state index in [2.05, 4.69) is 27.8 Å². The van der Waals surface area contributed by atoms with Crippen LogP contribution in [-0.4, -0.2) is 50.1 Å². The number of hydrogen-bond donors (Lipinski definition) is 4. The highest BCUT2D eigenvalue weighted by Gasteiger charge is 2.29. The maximum absolute atomic E-state index is 12.5. The number of piperidine rings is 1. The van der Waals surface area contributed by atoms with E-state index in [4.69, 9.17) is 4.74 Å². The number of alkyl halides is 3. The molecule has 34 heavy (non-hydrogen) atoms. The summed E-state index contributed by atoms with van der Waals surface area (Å²) >= 11 is 0. The van der Waals surface area contributed by atoms with E-state index in [1.54, 1.807) is 11.5 Å². The van der Waals surface area contributed by atoms with Crippen molar-refractivity contribution in [2.24, 2.45) is 4.99 Å². The second kappa shape index (κ2) is 11.2. The van der Waals surface area contributed by atoms with E-state index in [0.29, 0.717) is 18.2 Å². The molecule has 0 aromatic heterocycles. The molecule has 3 rings (SSSR count). The lowest BCUT2D eigenvalue weighted by Gasteiger charge is -2.24. The van der Waals surface area contributed by atoms with Crippen molar-refractivity contribution in [3.8, 4) is 11.5 Å². The summed E-state index contributed by atoms with van der Waals surface area (Å²) in [5, 5.41) is 18.7. The fourth-order valence-corrected chi connectivity index (χ4v) is 3.95. The van der Waals surface area contributed by atoms with Crippen LogP contribution in [0.4, 0.5) is 24.5 Å². The second-order valence-corrected chi connectivity index (χ2v) is 8.04. The summed E-state index contributed by atoms with van der Waals surface area (Å²) < 4.78 is 42.6. The number of carbonyl (C=O) groups excluding carboxylic acids is 1. The maximum Gasteiger partial charge on any atom is 0.405 e. The molecule has 1 amide bonds. The van der Waals surface area contributed by atoms with E-state index < -0.39 is 24.4 Å². The number of aromatic hydroxyl groups is 1. The Balaban J connectivity index is 1.87. The van der Waals surface area contributed by atoms with Crippen LogP contribution in [0.1, 0.15) is 47.2 Å². The third-order valence-corrected chi connectivity index (χ3v) is 5.64. The number of aliphatic imine (C=N–C) groups is 1. The molecule has 0 unspecified atom stereocenters. The Kier molecular flexibility index (Phi) is 8.38. The molecule has 10 heteroatoms. The molecule has 0 atom stereocenters. The number of rotatable bonds is 8. The molecule has 1 fully saturated rings. The molecule has 0 aliphatic carbocycles. The van der Waals surface area contributed by atoms with Gasteiger partial charge < -0.3 is 25.8 Å². The first kappa shape index (κ1) is 25.4. The first-order valence-electron chi connectivity index (χ1n) is 11.0. The zero-order valence-corrected chi connectivity index (χ0v) is 19.1. The molecular formula is C24H29F3N4O3. The topological polar surface area (TPSA) is 95.0 Å². The molecule has 0 saturated carbocycles. The lowest BCUT2D eigenvalue weighted by molar-refractivity contribution is -0.123. The number of phenols is 1. The van der Waals surface area contributed by atoms with E-state index in [-0.39, 0.29) is 11.3 Å². The summed E-state index contributed by atoms with van der Waals surface area (Å²) in [7, 11) is 1.27. The highest BCUT2D eigenvalue weighted by Crippen LogP contribution is 2.35. The molecule has 0 radical (unpaired) electrons. The van der Waals surface area contributed by atoms with Gasteiger partial charge in [-0.15, -0.1) is 0 Å². The minimum Gasteiger partial charge on any atom is -0.507 e. The summed E-state index contributed by atoms with van der Waals surface area (Å²) in [6.45, 7) is 2.75. The summed E-state index contributed by atoms with van der Waals surface area (Å²) in [6.07, 6.45) is -0.722. The highest BCUT2D eigenvalue weighted by atomic mass is 19.4. The zero-order valence-electron chi connectivity index (χ0n) is 19.1. The quantitative estimate of drug-likeness (QED) is 0.420. The van der Waals surface area contributed by atoms with Crippen molar-refractivity contribution in [3.05, 3.63) is 47.0 Å². The van der Waals surface area contributed by atoms with Gasteiger partial charge in [0.15, 0.2) is 0 Å². The predicted octanol–water partition coefficient (Wildman–Crippen LogP) is 4.49. The maximum atomic E-state index is 12.5. The summed E-state index contributed by atoms with van der Waals surface area (Å²) in [4.78, 5) is 16.6. The largest absolute Gasteiger partial charge is 0.507 e. The summed E-state index contributed by atoms with van der Waals surface area (Å²) in [6, 6.07) is 8.87. The fourth-order valence-electron chi connectivity index (χ4n) is 3.95. The third-order valence-electron chi connectivity index (χ3n) is 5.64. The highest BCUT2D eigenvalue weighted by molar-refractivity contribution is 6.00. The molecule has 7 nitrogen and oxygen atoms in total. The molecular weight excluding hydrogens is 449 g/mol. The minimum atomic E-state index is -4.57. The Hall–Kier alpha value is -3.27. The van der Waals surface area contributed by atoms with Crippen LogP contribution >= 0.6 is 0 Å². The number of methoxy groups -OCH3 is 1. The number of nitrogens with zero attached hydrogens (tertiary/aromatic N) is 1. The second-order valence-electron chi connectivity index (χ2n) is 8.04. The monoisotopic (exact) mass is 478 g/mol. The number of amides is 1.